The predicted molar refractivity (Wildman–Crippen MR) is 126 cm³/mol. The second-order valence-electron chi connectivity index (χ2n) is 9.11. The van der Waals surface area contributed by atoms with Crippen molar-refractivity contribution in [2.75, 3.05) is 21.2 Å². The van der Waals surface area contributed by atoms with Crippen molar-refractivity contribution in [3.63, 3.8) is 0 Å². The molecule has 2 aliphatic rings. The Labute approximate surface area is 203 Å². The lowest BCUT2D eigenvalue weighted by Crippen LogP contribution is -2.52. The van der Waals surface area contributed by atoms with Crippen molar-refractivity contribution in [3.8, 4) is 17.6 Å². The van der Waals surface area contributed by atoms with Gasteiger partial charge in [-0.25, -0.2) is 0 Å². The van der Waals surface area contributed by atoms with Gasteiger partial charge in [0.1, 0.15) is 23.3 Å². The molecule has 0 radical (unpaired) electrons. The van der Waals surface area contributed by atoms with Crippen LogP contribution in [0.4, 0.5) is 0 Å². The SMILES string of the molecule is COc1cnc2c(c1)OC1(c3ccc(C#N)cc3)C(c3ccccc3)C(C(=O)N(C)C)C(O)C21O. The number of benzene rings is 2. The molecule has 8 heteroatoms. The standard InChI is InChI=1S/C27H25N3O5/c1-30(2)25(32)21-22(17-7-5-4-6-8-17)27(18-11-9-16(14-28)10-12-18)26(33,24(21)31)23-20(35-27)13-19(34-3)15-29-23/h4-13,15,21-22,24,31,33H,1-3H3. The first-order valence-corrected chi connectivity index (χ1v) is 11.2. The Hall–Kier alpha value is -3.93. The number of rotatable bonds is 4. The molecule has 1 aromatic heterocycles. The molecule has 35 heavy (non-hydrogen) atoms. The number of pyridine rings is 1. The van der Waals surface area contributed by atoms with Gasteiger partial charge in [0.25, 0.3) is 0 Å². The van der Waals surface area contributed by atoms with E-state index in [4.69, 9.17) is 9.47 Å². The van der Waals surface area contributed by atoms with Crippen molar-refractivity contribution >= 4 is 5.91 Å². The van der Waals surface area contributed by atoms with E-state index < -0.39 is 29.1 Å². The zero-order valence-corrected chi connectivity index (χ0v) is 19.5. The minimum Gasteiger partial charge on any atom is -0.495 e. The van der Waals surface area contributed by atoms with Crippen molar-refractivity contribution < 1.29 is 24.5 Å². The normalized spacial score (nSPS) is 28.4. The van der Waals surface area contributed by atoms with Crippen LogP contribution in [0.1, 0.15) is 28.3 Å². The molecule has 2 N–H and O–H groups in total. The summed E-state index contributed by atoms with van der Waals surface area (Å²) in [4.78, 5) is 19.3. The smallest absolute Gasteiger partial charge is 0.228 e. The van der Waals surface area contributed by atoms with Gasteiger partial charge in [-0.2, -0.15) is 5.26 Å². The molecule has 1 aliphatic carbocycles. The molecule has 5 rings (SSSR count). The number of nitriles is 1. The summed E-state index contributed by atoms with van der Waals surface area (Å²) in [6, 6.07) is 19.6. The van der Waals surface area contributed by atoms with E-state index in [9.17, 15) is 20.3 Å². The molecule has 2 heterocycles. The number of ether oxygens (including phenoxy) is 2. The van der Waals surface area contributed by atoms with Gasteiger partial charge >= 0.3 is 0 Å². The fourth-order valence-electron chi connectivity index (χ4n) is 5.61. The molecule has 1 aliphatic heterocycles. The average Bonchev–Trinajstić information content (AvgIpc) is 3.26. The maximum atomic E-state index is 13.5. The zero-order chi connectivity index (χ0) is 25.0. The Bertz CT molecular complexity index is 1320. The number of aliphatic hydroxyl groups excluding tert-OH is 1. The zero-order valence-electron chi connectivity index (χ0n) is 19.5. The number of fused-ring (bicyclic) bond motifs is 3. The third-order valence-corrected chi connectivity index (χ3v) is 7.15. The summed E-state index contributed by atoms with van der Waals surface area (Å²) >= 11 is 0. The monoisotopic (exact) mass is 471 g/mol. The largest absolute Gasteiger partial charge is 0.495 e. The van der Waals surface area contributed by atoms with E-state index in [1.165, 1.54) is 18.2 Å². The van der Waals surface area contributed by atoms with Gasteiger partial charge < -0.3 is 24.6 Å². The van der Waals surface area contributed by atoms with E-state index in [2.05, 4.69) is 11.1 Å². The highest BCUT2D eigenvalue weighted by atomic mass is 16.5. The molecule has 0 bridgehead atoms. The van der Waals surface area contributed by atoms with E-state index in [1.54, 1.807) is 44.4 Å². The Morgan fingerprint density at radius 3 is 2.46 bits per heavy atom. The number of aliphatic hydroxyl groups is 2. The van der Waals surface area contributed by atoms with Crippen molar-refractivity contribution in [1.82, 2.24) is 9.88 Å². The first-order valence-electron chi connectivity index (χ1n) is 11.2. The summed E-state index contributed by atoms with van der Waals surface area (Å²) in [5.74, 6) is -1.49. The van der Waals surface area contributed by atoms with Crippen molar-refractivity contribution in [2.45, 2.75) is 23.2 Å². The number of methoxy groups -OCH3 is 1. The van der Waals surface area contributed by atoms with Crippen LogP contribution in [0, 0.1) is 17.2 Å². The first kappa shape index (κ1) is 22.8. The summed E-state index contributed by atoms with van der Waals surface area (Å²) < 4.78 is 11.9. The molecule has 178 valence electrons. The van der Waals surface area contributed by atoms with Crippen LogP contribution in [-0.4, -0.2) is 53.3 Å². The highest BCUT2D eigenvalue weighted by Gasteiger charge is 2.78. The van der Waals surface area contributed by atoms with Gasteiger partial charge in [0, 0.05) is 26.1 Å². The van der Waals surface area contributed by atoms with Gasteiger partial charge in [0.05, 0.1) is 30.9 Å². The van der Waals surface area contributed by atoms with Crippen LogP contribution in [-0.2, 0) is 16.0 Å². The molecule has 5 unspecified atom stereocenters. The molecule has 8 nitrogen and oxygen atoms in total. The second kappa shape index (κ2) is 8.08. The molecule has 1 saturated carbocycles. The van der Waals surface area contributed by atoms with E-state index in [-0.39, 0.29) is 17.4 Å². The highest BCUT2D eigenvalue weighted by Crippen LogP contribution is 2.68. The van der Waals surface area contributed by atoms with Gasteiger partial charge in [-0.1, -0.05) is 42.5 Å². The highest BCUT2D eigenvalue weighted by molar-refractivity contribution is 5.82. The lowest BCUT2D eigenvalue weighted by molar-refractivity contribution is -0.157. The molecular weight excluding hydrogens is 446 g/mol. The summed E-state index contributed by atoms with van der Waals surface area (Å²) in [6.07, 6.45) is -0.0965. The third-order valence-electron chi connectivity index (χ3n) is 7.15. The maximum absolute atomic E-state index is 13.5. The molecule has 3 aromatic rings. The number of hydrogen-bond donors (Lipinski definition) is 2. The Morgan fingerprint density at radius 1 is 1.17 bits per heavy atom. The van der Waals surface area contributed by atoms with Gasteiger partial charge in [-0.05, 0) is 23.3 Å². The molecule has 0 saturated heterocycles. The fourth-order valence-corrected chi connectivity index (χ4v) is 5.61. The predicted octanol–water partition coefficient (Wildman–Crippen LogP) is 2.30. The van der Waals surface area contributed by atoms with Crippen LogP contribution in [0.3, 0.4) is 0 Å². The minimum absolute atomic E-state index is 0.130. The molecule has 2 aromatic carbocycles. The Kier molecular flexibility index (Phi) is 5.28. The maximum Gasteiger partial charge on any atom is 0.228 e. The molecule has 5 atom stereocenters. The number of carbonyl (C=O) groups excluding carboxylic acids is 1. The van der Waals surface area contributed by atoms with Crippen LogP contribution in [0.15, 0.2) is 66.9 Å². The van der Waals surface area contributed by atoms with E-state index in [1.807, 2.05) is 30.3 Å². The molecule has 0 spiro atoms. The number of nitrogens with zero attached hydrogens (tertiary/aromatic N) is 3. The van der Waals surface area contributed by atoms with Crippen LogP contribution < -0.4 is 9.47 Å². The van der Waals surface area contributed by atoms with E-state index >= 15 is 0 Å². The van der Waals surface area contributed by atoms with Crippen LogP contribution in [0.2, 0.25) is 0 Å². The number of aromatic nitrogens is 1. The van der Waals surface area contributed by atoms with Gasteiger partial charge in [0.2, 0.25) is 5.91 Å². The lowest BCUT2D eigenvalue weighted by Gasteiger charge is -2.40. The Morgan fingerprint density at radius 2 is 1.86 bits per heavy atom. The van der Waals surface area contributed by atoms with Crippen LogP contribution in [0.25, 0.3) is 0 Å². The van der Waals surface area contributed by atoms with Gasteiger partial charge in [0.15, 0.2) is 11.2 Å². The van der Waals surface area contributed by atoms with E-state index in [0.29, 0.717) is 22.4 Å². The quantitative estimate of drug-likeness (QED) is 0.600. The minimum atomic E-state index is -2.07. The van der Waals surface area contributed by atoms with Crippen LogP contribution in [0.5, 0.6) is 11.5 Å². The van der Waals surface area contributed by atoms with Crippen molar-refractivity contribution in [2.24, 2.45) is 5.92 Å². The van der Waals surface area contributed by atoms with Gasteiger partial charge in [-0.15, -0.1) is 0 Å². The third kappa shape index (κ3) is 2.99. The van der Waals surface area contributed by atoms with Crippen molar-refractivity contribution in [3.05, 3.63) is 89.2 Å². The summed E-state index contributed by atoms with van der Waals surface area (Å²) in [6.45, 7) is 0. The molecule has 1 fully saturated rings. The summed E-state index contributed by atoms with van der Waals surface area (Å²) in [5, 5.41) is 33.6. The topological polar surface area (TPSA) is 116 Å². The summed E-state index contributed by atoms with van der Waals surface area (Å²) in [5.41, 5.74) is -1.89. The number of amides is 1. The number of hydrogen-bond acceptors (Lipinski definition) is 7. The second-order valence-corrected chi connectivity index (χ2v) is 9.11. The lowest BCUT2D eigenvalue weighted by atomic mass is 9.71. The Balaban J connectivity index is 1.85. The fraction of sp³-hybridized carbons (Fsp3) is 0.296. The average molecular weight is 472 g/mol. The molecular formula is C27H25N3O5. The van der Waals surface area contributed by atoms with Gasteiger partial charge in [-0.3, -0.25) is 9.78 Å². The molecule has 1 amide bonds. The first-order chi connectivity index (χ1) is 16.8. The van der Waals surface area contributed by atoms with Crippen LogP contribution >= 0.6 is 0 Å². The van der Waals surface area contributed by atoms with Crippen molar-refractivity contribution in [1.29, 1.82) is 5.26 Å². The van der Waals surface area contributed by atoms with E-state index in [0.717, 1.165) is 0 Å². The summed E-state index contributed by atoms with van der Waals surface area (Å²) in [7, 11) is 4.72. The number of carbonyl (C=O) groups is 1.